The molecule has 8 nitrogen and oxygen atoms in total. The third-order valence-corrected chi connectivity index (χ3v) is 11.2. The Balaban J connectivity index is 1.42. The fourth-order valence-electron chi connectivity index (χ4n) is 6.38. The summed E-state index contributed by atoms with van der Waals surface area (Å²) in [5, 5.41) is 15.7. The highest BCUT2D eigenvalue weighted by molar-refractivity contribution is 9.09. The van der Waals surface area contributed by atoms with Crippen molar-refractivity contribution < 1.29 is 19.5 Å². The zero-order valence-electron chi connectivity index (χ0n) is 21.5. The number of likely N-dealkylation sites (tertiary alicyclic amines) is 1. The number of anilines is 3. The van der Waals surface area contributed by atoms with Gasteiger partial charge >= 0.3 is 0 Å². The molecule has 3 fully saturated rings. The molecule has 1 spiro atoms. The Morgan fingerprint density at radius 3 is 2.32 bits per heavy atom. The number of benzene rings is 2. The number of nitrogens with one attached hydrogen (secondary N) is 2. The maximum absolute atomic E-state index is 13.8. The van der Waals surface area contributed by atoms with Crippen LogP contribution < -0.4 is 15.5 Å². The minimum absolute atomic E-state index is 0.0131. The van der Waals surface area contributed by atoms with Gasteiger partial charge < -0.3 is 25.5 Å². The summed E-state index contributed by atoms with van der Waals surface area (Å²) in [5.41, 5.74) is 2.39. The Bertz CT molecular complexity index is 1200. The van der Waals surface area contributed by atoms with Crippen molar-refractivity contribution in [1.29, 1.82) is 0 Å². The molecule has 3 heterocycles. The summed E-state index contributed by atoms with van der Waals surface area (Å²) in [6.07, 6.45) is 0.592. The number of fused-ring (bicyclic) bond motifs is 1. The molecular weight excluding hydrogens is 568 g/mol. The van der Waals surface area contributed by atoms with Crippen LogP contribution in [-0.4, -0.2) is 74.8 Å². The van der Waals surface area contributed by atoms with E-state index < -0.39 is 22.6 Å². The fraction of sp³-hybridized carbons (Fsp3) is 0.464. The molecule has 3 aliphatic heterocycles. The first-order valence-corrected chi connectivity index (χ1v) is 14.9. The van der Waals surface area contributed by atoms with Gasteiger partial charge in [0, 0.05) is 46.8 Å². The van der Waals surface area contributed by atoms with Gasteiger partial charge in [0.2, 0.25) is 17.7 Å². The Labute approximate surface area is 235 Å². The van der Waals surface area contributed by atoms with Gasteiger partial charge in [0.25, 0.3) is 0 Å². The summed E-state index contributed by atoms with van der Waals surface area (Å²) in [4.78, 5) is 44.9. The highest BCUT2D eigenvalue weighted by Gasteiger charge is 2.75. The second-order valence-corrected chi connectivity index (χ2v) is 12.7. The number of aliphatic hydroxyl groups excluding tert-OH is 1. The number of para-hydroxylation sites is 1. The molecule has 0 saturated carbocycles. The van der Waals surface area contributed by atoms with Crippen LogP contribution in [0.25, 0.3) is 0 Å². The molecule has 2 bridgehead atoms. The number of carbonyl (C=O) groups is 3. The zero-order valence-corrected chi connectivity index (χ0v) is 23.9. The number of carbonyl (C=O) groups excluding carboxylic acids is 3. The minimum Gasteiger partial charge on any atom is -0.395 e. The Hall–Kier alpha value is -2.56. The lowest BCUT2D eigenvalue weighted by Crippen LogP contribution is -2.53. The number of aliphatic hydroxyl groups is 1. The molecule has 0 aliphatic carbocycles. The summed E-state index contributed by atoms with van der Waals surface area (Å²) in [7, 11) is 0. The first-order chi connectivity index (χ1) is 18.3. The molecule has 202 valence electrons. The smallest absolute Gasteiger partial charge is 0.248 e. The third-order valence-electron chi connectivity index (χ3n) is 7.99. The lowest BCUT2D eigenvalue weighted by molar-refractivity contribution is -0.138. The van der Waals surface area contributed by atoms with E-state index in [2.05, 4.69) is 45.3 Å². The van der Waals surface area contributed by atoms with Crippen molar-refractivity contribution in [2.75, 3.05) is 41.8 Å². The van der Waals surface area contributed by atoms with Crippen LogP contribution >= 0.6 is 27.7 Å². The molecule has 38 heavy (non-hydrogen) atoms. The Kier molecular flexibility index (Phi) is 7.75. The predicted octanol–water partition coefficient (Wildman–Crippen LogP) is 3.57. The van der Waals surface area contributed by atoms with Gasteiger partial charge in [-0.1, -0.05) is 34.1 Å². The highest BCUT2D eigenvalue weighted by Crippen LogP contribution is 2.67. The van der Waals surface area contributed by atoms with Crippen LogP contribution in [0.5, 0.6) is 0 Å². The molecule has 0 aromatic heterocycles. The maximum atomic E-state index is 13.8. The first-order valence-electron chi connectivity index (χ1n) is 13.1. The normalized spacial score (nSPS) is 29.3. The van der Waals surface area contributed by atoms with E-state index in [9.17, 15) is 19.5 Å². The molecule has 0 radical (unpaired) electrons. The van der Waals surface area contributed by atoms with Gasteiger partial charge in [0.05, 0.1) is 23.2 Å². The van der Waals surface area contributed by atoms with Crippen LogP contribution in [0.15, 0.2) is 54.6 Å². The number of hydrogen-bond acceptors (Lipinski definition) is 6. The van der Waals surface area contributed by atoms with E-state index in [1.54, 1.807) is 11.8 Å². The summed E-state index contributed by atoms with van der Waals surface area (Å²) in [6, 6.07) is 16.1. The SMILES string of the molecule is CCN(CC)c1ccc(NC(=O)C2N(CCO)C(=O)[C@@H]3[C@@H](C(=O)Nc4ccccc4)[C@@H]4SC23CC4Br)cc1. The number of thioether (sulfide) groups is 1. The van der Waals surface area contributed by atoms with Crippen molar-refractivity contribution in [2.24, 2.45) is 11.8 Å². The monoisotopic (exact) mass is 600 g/mol. The first kappa shape index (κ1) is 27.0. The Morgan fingerprint density at radius 1 is 1.05 bits per heavy atom. The second kappa shape index (κ2) is 10.9. The second-order valence-electron chi connectivity index (χ2n) is 9.98. The van der Waals surface area contributed by atoms with E-state index in [-0.39, 0.29) is 41.0 Å². The van der Waals surface area contributed by atoms with Crippen LogP contribution in [-0.2, 0) is 14.4 Å². The number of halogens is 1. The zero-order chi connectivity index (χ0) is 27.0. The molecule has 3 unspecified atom stereocenters. The summed E-state index contributed by atoms with van der Waals surface area (Å²) < 4.78 is -0.755. The van der Waals surface area contributed by atoms with E-state index in [0.29, 0.717) is 17.8 Å². The average molecular weight is 602 g/mol. The predicted molar refractivity (Wildman–Crippen MR) is 155 cm³/mol. The molecule has 2 aromatic carbocycles. The van der Waals surface area contributed by atoms with Gasteiger partial charge in [-0.05, 0) is 56.7 Å². The summed E-state index contributed by atoms with van der Waals surface area (Å²) in [5.74, 6) is -1.96. The van der Waals surface area contributed by atoms with E-state index >= 15 is 0 Å². The summed E-state index contributed by atoms with van der Waals surface area (Å²) >= 11 is 5.34. The number of hydrogen-bond donors (Lipinski definition) is 3. The lowest BCUT2D eigenvalue weighted by atomic mass is 9.70. The van der Waals surface area contributed by atoms with Crippen molar-refractivity contribution in [2.45, 2.75) is 41.1 Å². The summed E-state index contributed by atoms with van der Waals surface area (Å²) in [6.45, 7) is 5.75. The van der Waals surface area contributed by atoms with Gasteiger partial charge in [0.1, 0.15) is 6.04 Å². The van der Waals surface area contributed by atoms with Gasteiger partial charge in [-0.15, -0.1) is 11.8 Å². The number of nitrogens with zero attached hydrogens (tertiary/aromatic N) is 2. The van der Waals surface area contributed by atoms with E-state index in [1.165, 1.54) is 4.90 Å². The standard InChI is InChI=1S/C28H33BrN4O4S/c1-3-32(4-2)19-12-10-18(11-13-19)31-26(36)24-28-16-20(29)23(38-28)21(22(28)27(37)33(24)14-15-34)25(35)30-17-8-6-5-7-9-17/h5-13,20-24,34H,3-4,14-16H2,1-2H3,(H,30,35)(H,31,36)/t20?,21-,22+,23-,24?,28?/m1/s1. The van der Waals surface area contributed by atoms with Crippen molar-refractivity contribution in [3.8, 4) is 0 Å². The molecule has 10 heteroatoms. The van der Waals surface area contributed by atoms with E-state index in [0.717, 1.165) is 18.8 Å². The number of amides is 3. The largest absolute Gasteiger partial charge is 0.395 e. The van der Waals surface area contributed by atoms with Crippen LogP contribution in [0.4, 0.5) is 17.1 Å². The van der Waals surface area contributed by atoms with Crippen LogP contribution in [0.2, 0.25) is 0 Å². The third kappa shape index (κ3) is 4.50. The lowest BCUT2D eigenvalue weighted by Gasteiger charge is -2.35. The number of alkyl halides is 1. The topological polar surface area (TPSA) is 102 Å². The molecule has 2 aromatic rings. The Morgan fingerprint density at radius 2 is 1.68 bits per heavy atom. The van der Waals surface area contributed by atoms with Gasteiger partial charge in [-0.2, -0.15) is 0 Å². The van der Waals surface area contributed by atoms with Crippen molar-refractivity contribution >= 4 is 62.5 Å². The van der Waals surface area contributed by atoms with Crippen LogP contribution in [0.3, 0.4) is 0 Å². The molecule has 6 atom stereocenters. The molecule has 5 rings (SSSR count). The molecule has 3 saturated heterocycles. The maximum Gasteiger partial charge on any atom is 0.248 e. The van der Waals surface area contributed by atoms with E-state index in [4.69, 9.17) is 0 Å². The van der Waals surface area contributed by atoms with Crippen molar-refractivity contribution in [1.82, 2.24) is 4.90 Å². The molecule has 3 amide bonds. The minimum atomic E-state index is -0.792. The average Bonchev–Trinajstić information content (AvgIpc) is 3.50. The molecule has 3 aliphatic rings. The van der Waals surface area contributed by atoms with Crippen molar-refractivity contribution in [3.05, 3.63) is 54.6 Å². The highest BCUT2D eigenvalue weighted by atomic mass is 79.9. The molecular formula is C28H33BrN4O4S. The fourth-order valence-corrected chi connectivity index (χ4v) is 9.99. The van der Waals surface area contributed by atoms with Crippen molar-refractivity contribution in [3.63, 3.8) is 0 Å². The van der Waals surface area contributed by atoms with E-state index in [1.807, 2.05) is 54.6 Å². The number of β-amino-alcohol motifs (C(OH)–C–C–N with tert-alkyl or cyclic N) is 1. The molecule has 3 N–H and O–H groups in total. The quantitative estimate of drug-likeness (QED) is 0.380. The van der Waals surface area contributed by atoms with Gasteiger partial charge in [-0.25, -0.2) is 0 Å². The van der Waals surface area contributed by atoms with Crippen LogP contribution in [0, 0.1) is 11.8 Å². The van der Waals surface area contributed by atoms with Gasteiger partial charge in [-0.3, -0.25) is 14.4 Å². The van der Waals surface area contributed by atoms with Gasteiger partial charge in [0.15, 0.2) is 0 Å². The van der Waals surface area contributed by atoms with Crippen LogP contribution in [0.1, 0.15) is 20.3 Å². The number of rotatable bonds is 9.